The van der Waals surface area contributed by atoms with Gasteiger partial charge in [0.2, 0.25) is 5.91 Å². The highest BCUT2D eigenvalue weighted by Crippen LogP contribution is 2.14. The Kier molecular flexibility index (Phi) is 5.73. The number of nitrogens with one attached hydrogen (secondary N) is 2. The van der Waals surface area contributed by atoms with Crippen LogP contribution in [0.4, 0.5) is 0 Å². The summed E-state index contributed by atoms with van der Waals surface area (Å²) in [5.41, 5.74) is 0.853. The van der Waals surface area contributed by atoms with Crippen LogP contribution in [0.15, 0.2) is 24.3 Å². The summed E-state index contributed by atoms with van der Waals surface area (Å²) < 4.78 is 5.05. The van der Waals surface area contributed by atoms with Gasteiger partial charge >= 0.3 is 0 Å². The maximum atomic E-state index is 11.9. The summed E-state index contributed by atoms with van der Waals surface area (Å²) in [7, 11) is 1.58. The first-order valence-electron chi connectivity index (χ1n) is 7.17. The van der Waals surface area contributed by atoms with Crippen LogP contribution in [0, 0.1) is 0 Å². The molecule has 0 radical (unpaired) electrons. The summed E-state index contributed by atoms with van der Waals surface area (Å²) >= 11 is 0. The minimum Gasteiger partial charge on any atom is -0.497 e. The third kappa shape index (κ3) is 3.95. The zero-order chi connectivity index (χ0) is 16.1. The maximum Gasteiger partial charge on any atom is 0.224 e. The Bertz CT molecular complexity index is 493. The molecule has 0 aliphatic carbocycles. The zero-order valence-electron chi connectivity index (χ0n) is 12.4. The lowest BCUT2D eigenvalue weighted by molar-refractivity contribution is -0.120. The molecule has 5 N–H and O–H groups in total. The normalized spacial score (nSPS) is 27.6. The van der Waals surface area contributed by atoms with Crippen molar-refractivity contribution in [3.8, 4) is 5.75 Å². The third-order valence-electron chi connectivity index (χ3n) is 3.84. The highest BCUT2D eigenvalue weighted by molar-refractivity contribution is 5.78. The summed E-state index contributed by atoms with van der Waals surface area (Å²) in [5.74, 6) is 0.549. The molecule has 1 heterocycles. The second kappa shape index (κ2) is 7.55. The molecule has 1 aromatic rings. The SMILES string of the molecule is COc1ccc(CC(=O)NC[C@@H]2N[C@H](CO)[C@H](O)[C@@H]2O)cc1. The standard InChI is InChI=1S/C15H22N2O5/c1-22-10-4-2-9(3-5-10)6-13(19)16-7-11-14(20)15(21)12(8-18)17-11/h2-5,11-12,14-15,17-18,20-21H,6-8H2,1H3,(H,16,19)/t11-,12+,14+,15-/m0/s1. The molecule has 22 heavy (non-hydrogen) atoms. The fraction of sp³-hybridized carbons (Fsp3) is 0.533. The summed E-state index contributed by atoms with van der Waals surface area (Å²) in [6.45, 7) is -0.0851. The molecule has 1 saturated heterocycles. The minimum absolute atomic E-state index is 0.180. The highest BCUT2D eigenvalue weighted by Gasteiger charge is 2.40. The Hall–Kier alpha value is -1.67. The number of amides is 1. The van der Waals surface area contributed by atoms with E-state index >= 15 is 0 Å². The fourth-order valence-electron chi connectivity index (χ4n) is 2.50. The molecule has 0 bridgehead atoms. The van der Waals surface area contributed by atoms with Gasteiger partial charge in [0.1, 0.15) is 5.75 Å². The first-order chi connectivity index (χ1) is 10.5. The predicted molar refractivity (Wildman–Crippen MR) is 79.5 cm³/mol. The van der Waals surface area contributed by atoms with E-state index < -0.39 is 24.3 Å². The number of carbonyl (C=O) groups excluding carboxylic acids is 1. The lowest BCUT2D eigenvalue weighted by atomic mass is 10.1. The summed E-state index contributed by atoms with van der Waals surface area (Å²) in [6, 6.07) is 6.14. The molecule has 1 amide bonds. The molecule has 1 aliphatic heterocycles. The van der Waals surface area contributed by atoms with E-state index in [4.69, 9.17) is 9.84 Å². The van der Waals surface area contributed by atoms with Crippen LogP contribution in [-0.4, -0.2) is 65.8 Å². The molecule has 1 aromatic carbocycles. The Balaban J connectivity index is 1.80. The van der Waals surface area contributed by atoms with Crippen molar-refractivity contribution in [2.24, 2.45) is 0 Å². The topological polar surface area (TPSA) is 111 Å². The van der Waals surface area contributed by atoms with Gasteiger partial charge in [-0.05, 0) is 17.7 Å². The Morgan fingerprint density at radius 1 is 1.23 bits per heavy atom. The molecule has 122 valence electrons. The number of aliphatic hydroxyl groups excluding tert-OH is 3. The largest absolute Gasteiger partial charge is 0.497 e. The molecule has 0 unspecified atom stereocenters. The van der Waals surface area contributed by atoms with Gasteiger partial charge in [0, 0.05) is 6.54 Å². The van der Waals surface area contributed by atoms with Gasteiger partial charge in [-0.2, -0.15) is 0 Å². The van der Waals surface area contributed by atoms with Crippen LogP contribution >= 0.6 is 0 Å². The van der Waals surface area contributed by atoms with Crippen molar-refractivity contribution in [3.05, 3.63) is 29.8 Å². The van der Waals surface area contributed by atoms with Crippen molar-refractivity contribution in [1.29, 1.82) is 0 Å². The van der Waals surface area contributed by atoms with Gasteiger partial charge < -0.3 is 30.7 Å². The monoisotopic (exact) mass is 310 g/mol. The predicted octanol–water partition coefficient (Wildman–Crippen LogP) is -1.59. The zero-order valence-corrected chi connectivity index (χ0v) is 12.4. The number of carbonyl (C=O) groups is 1. The Morgan fingerprint density at radius 2 is 1.86 bits per heavy atom. The number of hydrogen-bond donors (Lipinski definition) is 5. The third-order valence-corrected chi connectivity index (χ3v) is 3.84. The van der Waals surface area contributed by atoms with E-state index in [1.807, 2.05) is 12.1 Å². The Labute approximate surface area is 128 Å². The number of aliphatic hydroxyl groups is 3. The molecule has 0 spiro atoms. The molecule has 0 aromatic heterocycles. The van der Waals surface area contributed by atoms with Gasteiger partial charge in [-0.15, -0.1) is 0 Å². The van der Waals surface area contributed by atoms with E-state index in [2.05, 4.69) is 10.6 Å². The van der Waals surface area contributed by atoms with Crippen LogP contribution < -0.4 is 15.4 Å². The van der Waals surface area contributed by atoms with Crippen LogP contribution in [0.2, 0.25) is 0 Å². The average molecular weight is 310 g/mol. The molecule has 1 fully saturated rings. The lowest BCUT2D eigenvalue weighted by Crippen LogP contribution is -2.44. The van der Waals surface area contributed by atoms with Crippen LogP contribution in [0.3, 0.4) is 0 Å². The second-order valence-corrected chi connectivity index (χ2v) is 5.37. The first kappa shape index (κ1) is 16.7. The van der Waals surface area contributed by atoms with Gasteiger partial charge in [-0.3, -0.25) is 4.79 Å². The smallest absolute Gasteiger partial charge is 0.224 e. The van der Waals surface area contributed by atoms with Gasteiger partial charge in [-0.1, -0.05) is 12.1 Å². The van der Waals surface area contributed by atoms with Gasteiger partial charge in [0.25, 0.3) is 0 Å². The number of benzene rings is 1. The number of hydrogen-bond acceptors (Lipinski definition) is 6. The Morgan fingerprint density at radius 3 is 2.41 bits per heavy atom. The van der Waals surface area contributed by atoms with Crippen LogP contribution in [0.1, 0.15) is 5.56 Å². The van der Waals surface area contributed by atoms with Crippen molar-refractivity contribution in [1.82, 2.24) is 10.6 Å². The first-order valence-corrected chi connectivity index (χ1v) is 7.17. The van der Waals surface area contributed by atoms with Gasteiger partial charge in [0.05, 0.1) is 44.4 Å². The van der Waals surface area contributed by atoms with E-state index in [1.54, 1.807) is 19.2 Å². The van der Waals surface area contributed by atoms with Crippen LogP contribution in [-0.2, 0) is 11.2 Å². The van der Waals surface area contributed by atoms with Crippen molar-refractivity contribution >= 4 is 5.91 Å². The molecular weight excluding hydrogens is 288 g/mol. The average Bonchev–Trinajstić information content (AvgIpc) is 2.81. The lowest BCUT2D eigenvalue weighted by Gasteiger charge is -2.16. The maximum absolute atomic E-state index is 11.9. The van der Waals surface area contributed by atoms with Crippen molar-refractivity contribution in [2.75, 3.05) is 20.3 Å². The molecule has 2 rings (SSSR count). The van der Waals surface area contributed by atoms with E-state index in [1.165, 1.54) is 0 Å². The fourth-order valence-corrected chi connectivity index (χ4v) is 2.50. The highest BCUT2D eigenvalue weighted by atomic mass is 16.5. The van der Waals surface area contributed by atoms with Crippen molar-refractivity contribution in [3.63, 3.8) is 0 Å². The van der Waals surface area contributed by atoms with E-state index in [-0.39, 0.29) is 25.5 Å². The number of ether oxygens (including phenoxy) is 1. The summed E-state index contributed by atoms with van der Waals surface area (Å²) in [4.78, 5) is 11.9. The van der Waals surface area contributed by atoms with Crippen LogP contribution in [0.5, 0.6) is 5.75 Å². The molecule has 4 atom stereocenters. The van der Waals surface area contributed by atoms with Gasteiger partial charge in [-0.25, -0.2) is 0 Å². The molecule has 0 saturated carbocycles. The molecule has 7 nitrogen and oxygen atoms in total. The van der Waals surface area contributed by atoms with Gasteiger partial charge in [0.15, 0.2) is 0 Å². The molecular formula is C15H22N2O5. The van der Waals surface area contributed by atoms with E-state index in [0.29, 0.717) is 0 Å². The van der Waals surface area contributed by atoms with Crippen LogP contribution in [0.25, 0.3) is 0 Å². The number of rotatable bonds is 6. The minimum atomic E-state index is -1.03. The molecule has 7 heteroatoms. The quantitative estimate of drug-likeness (QED) is 0.433. The van der Waals surface area contributed by atoms with Crippen molar-refractivity contribution < 1.29 is 24.9 Å². The summed E-state index contributed by atoms with van der Waals surface area (Å²) in [5, 5.41) is 34.2. The summed E-state index contributed by atoms with van der Waals surface area (Å²) in [6.07, 6.45) is -1.83. The van der Waals surface area contributed by atoms with Crippen molar-refractivity contribution in [2.45, 2.75) is 30.7 Å². The second-order valence-electron chi connectivity index (χ2n) is 5.37. The van der Waals surface area contributed by atoms with E-state index in [9.17, 15) is 15.0 Å². The number of methoxy groups -OCH3 is 1. The van der Waals surface area contributed by atoms with E-state index in [0.717, 1.165) is 11.3 Å². The molecule has 1 aliphatic rings.